The number of benzene rings is 2. The Labute approximate surface area is 120 Å². The van der Waals surface area contributed by atoms with Gasteiger partial charge in [-0.15, -0.1) is 0 Å². The van der Waals surface area contributed by atoms with Crippen LogP contribution < -0.4 is 10.6 Å². The molecule has 20 heavy (non-hydrogen) atoms. The summed E-state index contributed by atoms with van der Waals surface area (Å²) in [7, 11) is 0. The first kappa shape index (κ1) is 14.5. The summed E-state index contributed by atoms with van der Waals surface area (Å²) in [5.74, 6) is 0.0758. The smallest absolute Gasteiger partial charge is 0.224 e. The van der Waals surface area contributed by atoms with E-state index in [-0.39, 0.29) is 5.91 Å². The minimum atomic E-state index is 0.0758. The summed E-state index contributed by atoms with van der Waals surface area (Å²) in [5.41, 5.74) is 1.08. The van der Waals surface area contributed by atoms with Gasteiger partial charge >= 0.3 is 0 Å². The zero-order valence-corrected chi connectivity index (χ0v) is 12.1. The number of fused-ring (bicyclic) bond motifs is 1. The molecule has 0 radical (unpaired) electrons. The summed E-state index contributed by atoms with van der Waals surface area (Å²) in [5, 5.41) is 8.57. The van der Waals surface area contributed by atoms with Gasteiger partial charge in [-0.05, 0) is 16.3 Å². The van der Waals surface area contributed by atoms with E-state index in [0.717, 1.165) is 17.5 Å². The van der Waals surface area contributed by atoms with E-state index in [1.54, 1.807) is 0 Å². The van der Waals surface area contributed by atoms with Crippen LogP contribution in [0.25, 0.3) is 10.8 Å². The van der Waals surface area contributed by atoms with Crippen molar-refractivity contribution in [3.05, 3.63) is 48.0 Å². The van der Waals surface area contributed by atoms with Gasteiger partial charge in [-0.1, -0.05) is 56.3 Å². The number of hydrogen-bond acceptors (Lipinski definition) is 2. The molecule has 0 spiro atoms. The van der Waals surface area contributed by atoms with Crippen LogP contribution >= 0.6 is 0 Å². The lowest BCUT2D eigenvalue weighted by Gasteiger charge is -2.10. The number of amides is 1. The third-order valence-corrected chi connectivity index (χ3v) is 3.23. The molecule has 2 rings (SSSR count). The number of hydrogen-bond donors (Lipinski definition) is 2. The molecule has 0 unspecified atom stereocenters. The molecule has 0 aliphatic rings. The van der Waals surface area contributed by atoms with Gasteiger partial charge in [0.1, 0.15) is 0 Å². The van der Waals surface area contributed by atoms with Crippen molar-refractivity contribution >= 4 is 16.7 Å². The normalized spacial score (nSPS) is 10.9. The van der Waals surface area contributed by atoms with Gasteiger partial charge in [0, 0.05) is 19.1 Å². The molecular weight excluding hydrogens is 248 g/mol. The molecule has 0 aliphatic heterocycles. The van der Waals surface area contributed by atoms with E-state index in [0.29, 0.717) is 19.0 Å². The van der Waals surface area contributed by atoms with Crippen molar-refractivity contribution in [2.75, 3.05) is 13.1 Å². The van der Waals surface area contributed by atoms with Crippen LogP contribution in [0.5, 0.6) is 0 Å². The van der Waals surface area contributed by atoms with E-state index in [9.17, 15) is 4.79 Å². The van der Waals surface area contributed by atoms with E-state index in [2.05, 4.69) is 42.7 Å². The standard InChI is InChI=1S/C17H22N2O/c1-13(2)18-10-11-19-17(20)12-15-8-5-7-14-6-3-4-9-16(14)15/h3-9,13,18H,10-12H2,1-2H3,(H,19,20). The van der Waals surface area contributed by atoms with Gasteiger partial charge in [0.15, 0.2) is 0 Å². The van der Waals surface area contributed by atoms with E-state index in [1.807, 2.05) is 24.3 Å². The van der Waals surface area contributed by atoms with Crippen LogP contribution in [0.1, 0.15) is 19.4 Å². The Hall–Kier alpha value is -1.87. The van der Waals surface area contributed by atoms with Crippen LogP contribution in [-0.2, 0) is 11.2 Å². The topological polar surface area (TPSA) is 41.1 Å². The van der Waals surface area contributed by atoms with E-state index in [4.69, 9.17) is 0 Å². The predicted octanol–water partition coefficient (Wildman–Crippen LogP) is 2.50. The molecule has 2 N–H and O–H groups in total. The Morgan fingerprint density at radius 3 is 2.60 bits per heavy atom. The lowest BCUT2D eigenvalue weighted by atomic mass is 10.0. The number of carbonyl (C=O) groups excluding carboxylic acids is 1. The van der Waals surface area contributed by atoms with Crippen LogP contribution in [0.2, 0.25) is 0 Å². The second kappa shape index (κ2) is 7.06. The largest absolute Gasteiger partial charge is 0.355 e. The van der Waals surface area contributed by atoms with Crippen molar-refractivity contribution in [3.63, 3.8) is 0 Å². The fourth-order valence-corrected chi connectivity index (χ4v) is 2.24. The number of nitrogens with one attached hydrogen (secondary N) is 2. The highest BCUT2D eigenvalue weighted by molar-refractivity contribution is 5.90. The van der Waals surface area contributed by atoms with Gasteiger partial charge in [-0.2, -0.15) is 0 Å². The van der Waals surface area contributed by atoms with Crippen molar-refractivity contribution < 1.29 is 4.79 Å². The zero-order valence-electron chi connectivity index (χ0n) is 12.1. The molecule has 2 aromatic carbocycles. The van der Waals surface area contributed by atoms with Gasteiger partial charge in [-0.3, -0.25) is 4.79 Å². The molecule has 3 nitrogen and oxygen atoms in total. The second-order valence-corrected chi connectivity index (χ2v) is 5.27. The predicted molar refractivity (Wildman–Crippen MR) is 83.8 cm³/mol. The molecule has 3 heteroatoms. The number of carbonyl (C=O) groups is 1. The van der Waals surface area contributed by atoms with Crippen LogP contribution in [0.4, 0.5) is 0 Å². The average Bonchev–Trinajstić information content (AvgIpc) is 2.44. The molecule has 0 bridgehead atoms. The van der Waals surface area contributed by atoms with Crippen LogP contribution in [0.3, 0.4) is 0 Å². The first-order chi connectivity index (χ1) is 9.66. The maximum absolute atomic E-state index is 12.0. The van der Waals surface area contributed by atoms with E-state index < -0.39 is 0 Å². The first-order valence-corrected chi connectivity index (χ1v) is 7.13. The summed E-state index contributed by atoms with van der Waals surface area (Å²) in [6.45, 7) is 5.66. The van der Waals surface area contributed by atoms with E-state index in [1.165, 1.54) is 5.39 Å². The minimum absolute atomic E-state index is 0.0758. The third-order valence-electron chi connectivity index (χ3n) is 3.23. The monoisotopic (exact) mass is 270 g/mol. The quantitative estimate of drug-likeness (QED) is 0.792. The fraction of sp³-hybridized carbons (Fsp3) is 0.353. The van der Waals surface area contributed by atoms with Crippen LogP contribution in [0.15, 0.2) is 42.5 Å². The molecular formula is C17H22N2O. The highest BCUT2D eigenvalue weighted by atomic mass is 16.1. The summed E-state index contributed by atoms with van der Waals surface area (Å²) >= 11 is 0. The first-order valence-electron chi connectivity index (χ1n) is 7.13. The summed E-state index contributed by atoms with van der Waals surface area (Å²) in [6.07, 6.45) is 0.434. The Morgan fingerprint density at radius 2 is 1.80 bits per heavy atom. The molecule has 0 saturated carbocycles. The van der Waals surface area contributed by atoms with Crippen molar-refractivity contribution in [1.82, 2.24) is 10.6 Å². The Balaban J connectivity index is 1.93. The molecule has 0 fully saturated rings. The van der Waals surface area contributed by atoms with Gasteiger partial charge in [0.2, 0.25) is 5.91 Å². The minimum Gasteiger partial charge on any atom is -0.355 e. The van der Waals surface area contributed by atoms with Crippen molar-refractivity contribution in [2.45, 2.75) is 26.3 Å². The van der Waals surface area contributed by atoms with E-state index >= 15 is 0 Å². The molecule has 0 atom stereocenters. The van der Waals surface area contributed by atoms with Crippen LogP contribution in [0, 0.1) is 0 Å². The highest BCUT2D eigenvalue weighted by Gasteiger charge is 2.06. The molecule has 0 aromatic heterocycles. The SMILES string of the molecule is CC(C)NCCNC(=O)Cc1cccc2ccccc12. The van der Waals surface area contributed by atoms with Crippen molar-refractivity contribution in [2.24, 2.45) is 0 Å². The zero-order chi connectivity index (χ0) is 14.4. The average molecular weight is 270 g/mol. The third kappa shape index (κ3) is 4.07. The lowest BCUT2D eigenvalue weighted by molar-refractivity contribution is -0.120. The van der Waals surface area contributed by atoms with Crippen molar-refractivity contribution in [1.29, 1.82) is 0 Å². The summed E-state index contributed by atoms with van der Waals surface area (Å²) in [6, 6.07) is 14.7. The molecule has 0 aliphatic carbocycles. The molecule has 106 valence electrons. The Kier molecular flexibility index (Phi) is 5.13. The number of rotatable bonds is 6. The Bertz CT molecular complexity index is 573. The summed E-state index contributed by atoms with van der Waals surface area (Å²) < 4.78 is 0. The van der Waals surface area contributed by atoms with Crippen LogP contribution in [-0.4, -0.2) is 25.0 Å². The molecule has 1 amide bonds. The van der Waals surface area contributed by atoms with Crippen molar-refractivity contribution in [3.8, 4) is 0 Å². The van der Waals surface area contributed by atoms with Gasteiger partial charge in [0.05, 0.1) is 6.42 Å². The van der Waals surface area contributed by atoms with Gasteiger partial charge < -0.3 is 10.6 Å². The fourth-order valence-electron chi connectivity index (χ4n) is 2.24. The van der Waals surface area contributed by atoms with Gasteiger partial charge in [-0.25, -0.2) is 0 Å². The lowest BCUT2D eigenvalue weighted by Crippen LogP contribution is -2.35. The van der Waals surface area contributed by atoms with Gasteiger partial charge in [0.25, 0.3) is 0 Å². The second-order valence-electron chi connectivity index (χ2n) is 5.27. The molecule has 2 aromatic rings. The maximum atomic E-state index is 12.0. The summed E-state index contributed by atoms with van der Waals surface area (Å²) in [4.78, 5) is 12.0. The Morgan fingerprint density at radius 1 is 1.05 bits per heavy atom. The highest BCUT2D eigenvalue weighted by Crippen LogP contribution is 2.18. The maximum Gasteiger partial charge on any atom is 0.224 e. The molecule has 0 saturated heterocycles. The molecule has 0 heterocycles.